The van der Waals surface area contributed by atoms with E-state index in [1.54, 1.807) is 6.08 Å². The molecule has 0 atom stereocenters. The van der Waals surface area contributed by atoms with Gasteiger partial charge in [-0.2, -0.15) is 0 Å². The zero-order valence-electron chi connectivity index (χ0n) is 10.7. The normalized spacial score (nSPS) is 13.0. The molecule has 0 aromatic carbocycles. The number of aldehydes is 1. The maximum Gasteiger partial charge on any atom is 0.142 e. The van der Waals surface area contributed by atoms with Gasteiger partial charge in [0.2, 0.25) is 0 Å². The summed E-state index contributed by atoms with van der Waals surface area (Å²) < 4.78 is 0. The molecule has 0 aromatic rings. The van der Waals surface area contributed by atoms with Crippen molar-refractivity contribution < 1.29 is 4.79 Å². The van der Waals surface area contributed by atoms with Crippen LogP contribution in [0.3, 0.4) is 0 Å². The minimum Gasteiger partial charge on any atom is -0.299 e. The third kappa shape index (κ3) is 8.18. The summed E-state index contributed by atoms with van der Waals surface area (Å²) in [4.78, 5) is 12.4. The number of hydrogen-bond donors (Lipinski definition) is 0. The molecule has 0 aliphatic heterocycles. The van der Waals surface area contributed by atoms with Gasteiger partial charge < -0.3 is 0 Å². The number of allylic oxidation sites excluding steroid dienone is 3. The van der Waals surface area contributed by atoms with Crippen molar-refractivity contribution in [2.24, 2.45) is 0 Å². The van der Waals surface area contributed by atoms with E-state index in [2.05, 4.69) is 31.5 Å². The lowest BCUT2D eigenvalue weighted by Gasteiger charge is -2.14. The molecule has 0 unspecified atom stereocenters. The lowest BCUT2D eigenvalue weighted by molar-refractivity contribution is -0.104. The summed E-state index contributed by atoms with van der Waals surface area (Å²) in [5.74, 6) is 0. The SMILES string of the molecule is C=CCN(C)C/C(C)=C/CC/C(C)=C/C=O. The summed E-state index contributed by atoms with van der Waals surface area (Å²) >= 11 is 0. The van der Waals surface area contributed by atoms with Gasteiger partial charge in [-0.3, -0.25) is 9.69 Å². The maximum atomic E-state index is 10.2. The Morgan fingerprint density at radius 1 is 1.31 bits per heavy atom. The zero-order chi connectivity index (χ0) is 12.4. The number of rotatable bonds is 8. The fourth-order valence-electron chi connectivity index (χ4n) is 1.52. The van der Waals surface area contributed by atoms with E-state index in [-0.39, 0.29) is 0 Å². The van der Waals surface area contributed by atoms with Gasteiger partial charge in [0.15, 0.2) is 0 Å². The van der Waals surface area contributed by atoms with E-state index in [4.69, 9.17) is 0 Å². The molecule has 0 aliphatic carbocycles. The van der Waals surface area contributed by atoms with Crippen molar-refractivity contribution in [3.8, 4) is 0 Å². The van der Waals surface area contributed by atoms with Gasteiger partial charge in [0.05, 0.1) is 0 Å². The third-order valence-electron chi connectivity index (χ3n) is 2.34. The quantitative estimate of drug-likeness (QED) is 0.357. The maximum absolute atomic E-state index is 10.2. The average molecular weight is 221 g/mol. The van der Waals surface area contributed by atoms with Crippen molar-refractivity contribution in [3.05, 3.63) is 36.0 Å². The first-order valence-electron chi connectivity index (χ1n) is 5.66. The molecule has 0 aliphatic rings. The minimum absolute atomic E-state index is 0.851. The molecular formula is C14H23NO. The second-order valence-corrected chi connectivity index (χ2v) is 4.22. The van der Waals surface area contributed by atoms with E-state index in [9.17, 15) is 4.79 Å². The van der Waals surface area contributed by atoms with Crippen molar-refractivity contribution in [2.45, 2.75) is 26.7 Å². The second-order valence-electron chi connectivity index (χ2n) is 4.22. The summed E-state index contributed by atoms with van der Waals surface area (Å²) in [7, 11) is 2.08. The fourth-order valence-corrected chi connectivity index (χ4v) is 1.52. The molecule has 16 heavy (non-hydrogen) atoms. The average Bonchev–Trinajstić information content (AvgIpc) is 2.18. The van der Waals surface area contributed by atoms with Crippen molar-refractivity contribution >= 4 is 6.29 Å². The molecule has 90 valence electrons. The van der Waals surface area contributed by atoms with Crippen LogP contribution >= 0.6 is 0 Å². The van der Waals surface area contributed by atoms with Crippen LogP contribution < -0.4 is 0 Å². The number of nitrogens with zero attached hydrogens (tertiary/aromatic N) is 1. The van der Waals surface area contributed by atoms with Crippen LogP contribution in [0.4, 0.5) is 0 Å². The van der Waals surface area contributed by atoms with Crippen LogP contribution in [0, 0.1) is 0 Å². The van der Waals surface area contributed by atoms with Gasteiger partial charge in [-0.25, -0.2) is 0 Å². The van der Waals surface area contributed by atoms with Crippen LogP contribution in [0.15, 0.2) is 36.0 Å². The van der Waals surface area contributed by atoms with Crippen molar-refractivity contribution in [1.82, 2.24) is 4.90 Å². The Balaban J connectivity index is 3.90. The highest BCUT2D eigenvalue weighted by Crippen LogP contribution is 2.06. The van der Waals surface area contributed by atoms with E-state index in [0.29, 0.717) is 0 Å². The number of hydrogen-bond acceptors (Lipinski definition) is 2. The van der Waals surface area contributed by atoms with Gasteiger partial charge in [0, 0.05) is 13.1 Å². The van der Waals surface area contributed by atoms with Crippen molar-refractivity contribution in [1.29, 1.82) is 0 Å². The van der Waals surface area contributed by atoms with Crippen LogP contribution in [0.25, 0.3) is 0 Å². The fraction of sp³-hybridized carbons (Fsp3) is 0.500. The van der Waals surface area contributed by atoms with Gasteiger partial charge in [-0.05, 0) is 39.8 Å². The third-order valence-corrected chi connectivity index (χ3v) is 2.34. The van der Waals surface area contributed by atoms with Gasteiger partial charge in [0.25, 0.3) is 0 Å². The Kier molecular flexibility index (Phi) is 8.45. The summed E-state index contributed by atoms with van der Waals surface area (Å²) in [5, 5.41) is 0. The van der Waals surface area contributed by atoms with Crippen LogP contribution in [-0.2, 0) is 4.79 Å². The van der Waals surface area contributed by atoms with Crippen LogP contribution in [-0.4, -0.2) is 31.3 Å². The summed E-state index contributed by atoms with van der Waals surface area (Å²) in [6, 6.07) is 0. The summed E-state index contributed by atoms with van der Waals surface area (Å²) in [6.07, 6.45) is 8.59. The molecular weight excluding hydrogens is 198 g/mol. The van der Waals surface area contributed by atoms with E-state index in [1.807, 2.05) is 13.0 Å². The van der Waals surface area contributed by atoms with Crippen LogP contribution in [0.2, 0.25) is 0 Å². The molecule has 2 heteroatoms. The Morgan fingerprint density at radius 3 is 2.56 bits per heavy atom. The first kappa shape index (κ1) is 14.8. The predicted octanol–water partition coefficient (Wildman–Crippen LogP) is 2.98. The molecule has 0 N–H and O–H groups in total. The number of likely N-dealkylation sites (N-methyl/N-ethyl adjacent to an activating group) is 1. The summed E-state index contributed by atoms with van der Waals surface area (Å²) in [5.41, 5.74) is 2.50. The van der Waals surface area contributed by atoms with E-state index < -0.39 is 0 Å². The van der Waals surface area contributed by atoms with Crippen molar-refractivity contribution in [2.75, 3.05) is 20.1 Å². The van der Waals surface area contributed by atoms with E-state index in [1.165, 1.54) is 5.57 Å². The van der Waals surface area contributed by atoms with E-state index in [0.717, 1.165) is 37.8 Å². The highest BCUT2D eigenvalue weighted by molar-refractivity contribution is 5.65. The smallest absolute Gasteiger partial charge is 0.142 e. The Morgan fingerprint density at radius 2 is 2.00 bits per heavy atom. The van der Waals surface area contributed by atoms with Gasteiger partial charge in [-0.1, -0.05) is 23.3 Å². The number of carbonyl (C=O) groups is 1. The van der Waals surface area contributed by atoms with Gasteiger partial charge >= 0.3 is 0 Å². The first-order chi connectivity index (χ1) is 7.60. The molecule has 0 bridgehead atoms. The molecule has 0 spiro atoms. The Labute approximate surface area is 99.3 Å². The highest BCUT2D eigenvalue weighted by atomic mass is 16.1. The van der Waals surface area contributed by atoms with Gasteiger partial charge in [0.1, 0.15) is 6.29 Å². The molecule has 0 amide bonds. The largest absolute Gasteiger partial charge is 0.299 e. The zero-order valence-corrected chi connectivity index (χ0v) is 10.7. The summed E-state index contributed by atoms with van der Waals surface area (Å²) in [6.45, 7) is 9.72. The van der Waals surface area contributed by atoms with Crippen LogP contribution in [0.5, 0.6) is 0 Å². The molecule has 0 rings (SSSR count). The van der Waals surface area contributed by atoms with Gasteiger partial charge in [-0.15, -0.1) is 6.58 Å². The van der Waals surface area contributed by atoms with E-state index >= 15 is 0 Å². The number of carbonyl (C=O) groups excluding carboxylic acids is 1. The lowest BCUT2D eigenvalue weighted by Crippen LogP contribution is -2.20. The molecule has 0 heterocycles. The minimum atomic E-state index is 0.851. The highest BCUT2D eigenvalue weighted by Gasteiger charge is 1.96. The molecule has 0 radical (unpaired) electrons. The molecule has 2 nitrogen and oxygen atoms in total. The molecule has 0 fully saturated rings. The first-order valence-corrected chi connectivity index (χ1v) is 5.66. The standard InChI is InChI=1S/C14H23NO/c1-5-10-15(4)12-14(3)8-6-7-13(2)9-11-16/h5,8-9,11H,1,6-7,10,12H2,2-4H3/b13-9+,14-8+. The molecule has 0 aromatic heterocycles. The topological polar surface area (TPSA) is 20.3 Å². The molecule has 0 saturated carbocycles. The van der Waals surface area contributed by atoms with Crippen LogP contribution in [0.1, 0.15) is 26.7 Å². The second kappa shape index (κ2) is 9.10. The Hall–Kier alpha value is -1.15. The lowest BCUT2D eigenvalue weighted by atomic mass is 10.1. The molecule has 0 saturated heterocycles. The Bertz CT molecular complexity index is 276. The van der Waals surface area contributed by atoms with Crippen molar-refractivity contribution in [3.63, 3.8) is 0 Å². The predicted molar refractivity (Wildman–Crippen MR) is 70.5 cm³/mol. The monoisotopic (exact) mass is 221 g/mol.